The van der Waals surface area contributed by atoms with E-state index in [4.69, 9.17) is 0 Å². The van der Waals surface area contributed by atoms with E-state index in [9.17, 15) is 31.9 Å². The van der Waals surface area contributed by atoms with Crippen LogP contribution in [0.25, 0.3) is 16.5 Å². The molecule has 0 saturated heterocycles. The molecular weight excluding hydrogens is 431 g/mol. The van der Waals surface area contributed by atoms with Crippen molar-refractivity contribution in [1.29, 1.82) is 0 Å². The Balaban J connectivity index is 2.02. The molecule has 1 N–H and O–H groups in total. The molecule has 0 bridgehead atoms. The minimum absolute atomic E-state index is 0.0169. The zero-order valence-electron chi connectivity index (χ0n) is 16.1. The Hall–Kier alpha value is -4.01. The van der Waals surface area contributed by atoms with Crippen molar-refractivity contribution in [3.63, 3.8) is 0 Å². The zero-order chi connectivity index (χ0) is 23.0. The molecule has 3 aromatic carbocycles. The molecule has 0 radical (unpaired) electrons. The molecule has 9 heteroatoms. The molecule has 1 heterocycles. The summed E-state index contributed by atoms with van der Waals surface area (Å²) < 4.78 is 68.3. The minimum atomic E-state index is -4.79. The van der Waals surface area contributed by atoms with E-state index < -0.39 is 40.5 Å². The fourth-order valence-corrected chi connectivity index (χ4v) is 3.34. The Morgan fingerprint density at radius 3 is 2.25 bits per heavy atom. The Morgan fingerprint density at radius 2 is 1.56 bits per heavy atom. The largest absolute Gasteiger partial charge is 0.494 e. The number of aromatic hydroxyl groups is 1. The molecule has 0 unspecified atom stereocenters. The highest BCUT2D eigenvalue weighted by Crippen LogP contribution is 2.36. The van der Waals surface area contributed by atoms with Crippen LogP contribution in [0.2, 0.25) is 0 Å². The zero-order valence-corrected chi connectivity index (χ0v) is 16.1. The minimum Gasteiger partial charge on any atom is -0.494 e. The van der Waals surface area contributed by atoms with Gasteiger partial charge in [0.05, 0.1) is 22.5 Å². The first kappa shape index (κ1) is 21.2. The Labute approximate surface area is 177 Å². The molecular formula is C23H13F5N2O2. The third-order valence-electron chi connectivity index (χ3n) is 4.80. The summed E-state index contributed by atoms with van der Waals surface area (Å²) in [5.41, 5.74) is -2.94. The Bertz CT molecular complexity index is 1420. The number of pyridine rings is 1. The molecule has 0 amide bonds. The number of benzene rings is 3. The van der Waals surface area contributed by atoms with Crippen LogP contribution in [0.4, 0.5) is 27.6 Å². The smallest absolute Gasteiger partial charge is 0.418 e. The number of para-hydroxylation sites is 1. The first-order chi connectivity index (χ1) is 15.2. The highest BCUT2D eigenvalue weighted by molar-refractivity contribution is 6.02. The normalized spacial score (nSPS) is 12.0. The van der Waals surface area contributed by atoms with Crippen LogP contribution < -0.4 is 5.56 Å². The molecule has 4 rings (SSSR count). The molecule has 1 aromatic heterocycles. The van der Waals surface area contributed by atoms with Gasteiger partial charge < -0.3 is 5.11 Å². The van der Waals surface area contributed by atoms with Gasteiger partial charge in [0.25, 0.3) is 5.56 Å². The van der Waals surface area contributed by atoms with Gasteiger partial charge in [-0.25, -0.2) is 13.3 Å². The fraction of sp³-hybridized carbons (Fsp3) is 0.0435. The highest BCUT2D eigenvalue weighted by atomic mass is 19.4. The molecule has 0 aliphatic heterocycles. The quantitative estimate of drug-likeness (QED) is 0.324. The molecule has 0 aliphatic rings. The number of hydrogen-bond donors (Lipinski definition) is 1. The summed E-state index contributed by atoms with van der Waals surface area (Å²) in [6.07, 6.45) is -3.78. The van der Waals surface area contributed by atoms with Gasteiger partial charge in [0.1, 0.15) is 5.82 Å². The van der Waals surface area contributed by atoms with Gasteiger partial charge in [-0.15, -0.1) is 0 Å². The van der Waals surface area contributed by atoms with Crippen molar-refractivity contribution in [3.8, 4) is 11.6 Å². The average molecular weight is 444 g/mol. The summed E-state index contributed by atoms with van der Waals surface area (Å²) >= 11 is 0. The lowest BCUT2D eigenvalue weighted by Crippen LogP contribution is -2.23. The van der Waals surface area contributed by atoms with Crippen LogP contribution >= 0.6 is 0 Å². The van der Waals surface area contributed by atoms with Crippen LogP contribution in [-0.4, -0.2) is 15.9 Å². The van der Waals surface area contributed by atoms with E-state index in [1.165, 1.54) is 24.3 Å². The maximum atomic E-state index is 14.0. The second-order valence-electron chi connectivity index (χ2n) is 6.79. The summed E-state index contributed by atoms with van der Waals surface area (Å²) in [5.74, 6) is -2.59. The van der Waals surface area contributed by atoms with E-state index in [2.05, 4.69) is 4.99 Å². The summed E-state index contributed by atoms with van der Waals surface area (Å²) in [4.78, 5) is 16.9. The number of aromatic nitrogens is 1. The highest BCUT2D eigenvalue weighted by Gasteiger charge is 2.34. The predicted molar refractivity (Wildman–Crippen MR) is 110 cm³/mol. The SMILES string of the molecule is O=c1c2ccccc2c(C=Nc2ccc(F)cc2F)c(O)n1-c1ccccc1C(F)(F)F. The topological polar surface area (TPSA) is 54.6 Å². The molecule has 4 nitrogen and oxygen atoms in total. The summed E-state index contributed by atoms with van der Waals surface area (Å²) in [6, 6.07) is 12.9. The second-order valence-corrected chi connectivity index (χ2v) is 6.79. The molecule has 0 aliphatic carbocycles. The van der Waals surface area contributed by atoms with E-state index >= 15 is 0 Å². The number of rotatable bonds is 3. The van der Waals surface area contributed by atoms with Crippen molar-refractivity contribution >= 4 is 22.7 Å². The van der Waals surface area contributed by atoms with Gasteiger partial charge in [-0.05, 0) is 30.3 Å². The molecule has 32 heavy (non-hydrogen) atoms. The van der Waals surface area contributed by atoms with Crippen LogP contribution in [-0.2, 0) is 6.18 Å². The Morgan fingerprint density at radius 1 is 0.906 bits per heavy atom. The van der Waals surface area contributed by atoms with Gasteiger partial charge >= 0.3 is 6.18 Å². The van der Waals surface area contributed by atoms with E-state index in [1.807, 2.05) is 0 Å². The molecule has 0 atom stereocenters. The lowest BCUT2D eigenvalue weighted by Gasteiger charge is -2.18. The van der Waals surface area contributed by atoms with Crippen LogP contribution in [0.3, 0.4) is 0 Å². The van der Waals surface area contributed by atoms with Crippen molar-refractivity contribution in [1.82, 2.24) is 4.57 Å². The number of alkyl halides is 3. The number of halogens is 5. The van der Waals surface area contributed by atoms with E-state index in [1.54, 1.807) is 6.07 Å². The third-order valence-corrected chi connectivity index (χ3v) is 4.80. The first-order valence-electron chi connectivity index (χ1n) is 9.21. The lowest BCUT2D eigenvalue weighted by atomic mass is 10.1. The van der Waals surface area contributed by atoms with Gasteiger partial charge in [-0.3, -0.25) is 9.79 Å². The second kappa shape index (κ2) is 7.92. The standard InChI is InChI=1S/C23H13F5N2O2/c24-13-9-10-19(18(25)11-13)29-12-16-14-5-1-2-6-15(14)21(31)30(22(16)32)20-8-4-3-7-17(20)23(26,27)28/h1-12,32H. The molecule has 0 fully saturated rings. The van der Waals surface area contributed by atoms with Crippen molar-refractivity contribution in [2.45, 2.75) is 6.18 Å². The van der Waals surface area contributed by atoms with Gasteiger partial charge in [0, 0.05) is 23.1 Å². The number of hydrogen-bond acceptors (Lipinski definition) is 3. The maximum Gasteiger partial charge on any atom is 0.418 e. The first-order valence-corrected chi connectivity index (χ1v) is 9.21. The van der Waals surface area contributed by atoms with Crippen LogP contribution in [0, 0.1) is 11.6 Å². The van der Waals surface area contributed by atoms with Crippen molar-refractivity contribution in [3.05, 3.63) is 99.8 Å². The average Bonchev–Trinajstić information content (AvgIpc) is 2.74. The number of nitrogens with zero attached hydrogens (tertiary/aromatic N) is 2. The fourth-order valence-electron chi connectivity index (χ4n) is 3.34. The number of fused-ring (bicyclic) bond motifs is 1. The predicted octanol–water partition coefficient (Wildman–Crippen LogP) is 5.74. The summed E-state index contributed by atoms with van der Waals surface area (Å²) in [6.45, 7) is 0. The lowest BCUT2D eigenvalue weighted by molar-refractivity contribution is -0.137. The maximum absolute atomic E-state index is 14.0. The third kappa shape index (κ3) is 3.73. The van der Waals surface area contributed by atoms with Crippen molar-refractivity contribution in [2.75, 3.05) is 0 Å². The van der Waals surface area contributed by atoms with Gasteiger partial charge in [-0.1, -0.05) is 30.3 Å². The molecule has 162 valence electrons. The summed E-state index contributed by atoms with van der Waals surface area (Å²) in [5, 5.41) is 11.1. The monoisotopic (exact) mass is 444 g/mol. The Kier molecular flexibility index (Phi) is 5.25. The van der Waals surface area contributed by atoms with E-state index in [-0.39, 0.29) is 22.0 Å². The number of aliphatic imine (C=N–C) groups is 1. The van der Waals surface area contributed by atoms with Crippen LogP contribution in [0.1, 0.15) is 11.1 Å². The molecule has 0 saturated carbocycles. The van der Waals surface area contributed by atoms with Gasteiger partial charge in [0.15, 0.2) is 5.82 Å². The summed E-state index contributed by atoms with van der Waals surface area (Å²) in [7, 11) is 0. The molecule has 0 spiro atoms. The van der Waals surface area contributed by atoms with Crippen LogP contribution in [0.15, 0.2) is 76.5 Å². The van der Waals surface area contributed by atoms with E-state index in [0.29, 0.717) is 10.6 Å². The van der Waals surface area contributed by atoms with E-state index in [0.717, 1.165) is 36.5 Å². The molecule has 4 aromatic rings. The van der Waals surface area contributed by atoms with Crippen molar-refractivity contribution in [2.24, 2.45) is 4.99 Å². The van der Waals surface area contributed by atoms with Crippen molar-refractivity contribution < 1.29 is 27.1 Å². The van der Waals surface area contributed by atoms with Gasteiger partial charge in [-0.2, -0.15) is 13.2 Å². The van der Waals surface area contributed by atoms with Crippen LogP contribution in [0.5, 0.6) is 5.88 Å². The van der Waals surface area contributed by atoms with Gasteiger partial charge in [0.2, 0.25) is 5.88 Å².